The van der Waals surface area contributed by atoms with Gasteiger partial charge in [-0.3, -0.25) is 14.7 Å². The third-order valence-electron chi connectivity index (χ3n) is 5.55. The van der Waals surface area contributed by atoms with Crippen LogP contribution in [0.4, 0.5) is 0 Å². The second-order valence-electron chi connectivity index (χ2n) is 7.71. The SMILES string of the molecule is CCOc1cc(CN2Cc3ccccc3CC2C(=O)NCc2cccnc2)ccc1O. The number of ether oxygens (including phenoxy) is 1. The number of hydrogen-bond acceptors (Lipinski definition) is 5. The summed E-state index contributed by atoms with van der Waals surface area (Å²) in [6.45, 7) is 4.09. The second kappa shape index (κ2) is 9.62. The maximum Gasteiger partial charge on any atom is 0.237 e. The van der Waals surface area contributed by atoms with Crippen LogP contribution in [0.15, 0.2) is 67.0 Å². The fraction of sp³-hybridized carbons (Fsp3) is 0.280. The van der Waals surface area contributed by atoms with Gasteiger partial charge >= 0.3 is 0 Å². The summed E-state index contributed by atoms with van der Waals surface area (Å²) < 4.78 is 5.53. The predicted molar refractivity (Wildman–Crippen MR) is 119 cm³/mol. The summed E-state index contributed by atoms with van der Waals surface area (Å²) >= 11 is 0. The molecule has 4 rings (SSSR count). The van der Waals surface area contributed by atoms with Gasteiger partial charge in [-0.1, -0.05) is 36.4 Å². The summed E-state index contributed by atoms with van der Waals surface area (Å²) in [7, 11) is 0. The van der Waals surface area contributed by atoms with E-state index in [0.29, 0.717) is 38.4 Å². The topological polar surface area (TPSA) is 74.7 Å². The Bertz CT molecular complexity index is 1040. The number of pyridine rings is 1. The third-order valence-corrected chi connectivity index (χ3v) is 5.55. The number of carbonyl (C=O) groups is 1. The third kappa shape index (κ3) is 5.03. The minimum absolute atomic E-state index is 0.00201. The first-order valence-electron chi connectivity index (χ1n) is 10.6. The first-order valence-corrected chi connectivity index (χ1v) is 10.6. The van der Waals surface area contributed by atoms with Gasteiger partial charge in [0.25, 0.3) is 0 Å². The lowest BCUT2D eigenvalue weighted by Gasteiger charge is -2.36. The molecule has 31 heavy (non-hydrogen) atoms. The number of nitrogens with one attached hydrogen (secondary N) is 1. The lowest BCUT2D eigenvalue weighted by molar-refractivity contribution is -0.127. The quantitative estimate of drug-likeness (QED) is 0.616. The average molecular weight is 418 g/mol. The van der Waals surface area contributed by atoms with E-state index in [-0.39, 0.29) is 17.7 Å². The molecule has 0 spiro atoms. The Hall–Kier alpha value is -3.38. The first kappa shape index (κ1) is 20.9. The normalized spacial score (nSPS) is 15.8. The van der Waals surface area contributed by atoms with E-state index >= 15 is 0 Å². The molecule has 0 saturated carbocycles. The molecule has 0 saturated heterocycles. The molecule has 1 amide bonds. The van der Waals surface area contributed by atoms with Crippen LogP contribution in [0.3, 0.4) is 0 Å². The largest absolute Gasteiger partial charge is 0.504 e. The zero-order valence-corrected chi connectivity index (χ0v) is 17.6. The van der Waals surface area contributed by atoms with Crippen molar-refractivity contribution in [1.82, 2.24) is 15.2 Å². The van der Waals surface area contributed by atoms with E-state index < -0.39 is 0 Å². The van der Waals surface area contributed by atoms with E-state index in [4.69, 9.17) is 4.74 Å². The van der Waals surface area contributed by atoms with Gasteiger partial charge in [0.2, 0.25) is 5.91 Å². The van der Waals surface area contributed by atoms with E-state index in [1.165, 1.54) is 11.1 Å². The van der Waals surface area contributed by atoms with Crippen molar-refractivity contribution in [3.05, 3.63) is 89.2 Å². The van der Waals surface area contributed by atoms with Gasteiger partial charge in [0.15, 0.2) is 11.5 Å². The summed E-state index contributed by atoms with van der Waals surface area (Å²) in [6, 6.07) is 17.2. The number of carbonyl (C=O) groups excluding carboxylic acids is 1. The van der Waals surface area contributed by atoms with Gasteiger partial charge in [-0.05, 0) is 53.8 Å². The molecule has 6 nitrogen and oxygen atoms in total. The molecule has 1 aliphatic heterocycles. The Morgan fingerprint density at radius 2 is 2.00 bits per heavy atom. The molecule has 6 heteroatoms. The van der Waals surface area contributed by atoms with E-state index in [9.17, 15) is 9.90 Å². The van der Waals surface area contributed by atoms with Crippen molar-refractivity contribution in [2.75, 3.05) is 6.61 Å². The summed E-state index contributed by atoms with van der Waals surface area (Å²) in [5.74, 6) is 0.595. The zero-order valence-electron chi connectivity index (χ0n) is 17.6. The summed E-state index contributed by atoms with van der Waals surface area (Å²) in [6.07, 6.45) is 4.14. The Labute approximate surface area is 182 Å². The number of amides is 1. The molecule has 2 N–H and O–H groups in total. The lowest BCUT2D eigenvalue weighted by Crippen LogP contribution is -2.49. The Balaban J connectivity index is 1.54. The van der Waals surface area contributed by atoms with Crippen LogP contribution >= 0.6 is 0 Å². The van der Waals surface area contributed by atoms with Crippen molar-refractivity contribution < 1.29 is 14.6 Å². The van der Waals surface area contributed by atoms with Crippen molar-refractivity contribution in [2.24, 2.45) is 0 Å². The Morgan fingerprint density at radius 3 is 2.77 bits per heavy atom. The number of benzene rings is 2. The number of phenolic OH excluding ortho intramolecular Hbond substituents is 1. The van der Waals surface area contributed by atoms with Gasteiger partial charge in [0.1, 0.15) is 0 Å². The van der Waals surface area contributed by atoms with Crippen LogP contribution in [-0.2, 0) is 30.8 Å². The molecule has 0 aliphatic carbocycles. The van der Waals surface area contributed by atoms with Crippen molar-refractivity contribution in [1.29, 1.82) is 0 Å². The molecular formula is C25H27N3O3. The molecular weight excluding hydrogens is 390 g/mol. The van der Waals surface area contributed by atoms with Gasteiger partial charge in [0.05, 0.1) is 12.6 Å². The summed E-state index contributed by atoms with van der Waals surface area (Å²) in [4.78, 5) is 19.5. The van der Waals surface area contributed by atoms with Crippen LogP contribution in [0.25, 0.3) is 0 Å². The van der Waals surface area contributed by atoms with Crippen molar-refractivity contribution in [3.8, 4) is 11.5 Å². The highest BCUT2D eigenvalue weighted by Crippen LogP contribution is 2.30. The smallest absolute Gasteiger partial charge is 0.237 e. The van der Waals surface area contributed by atoms with Crippen LogP contribution < -0.4 is 10.1 Å². The minimum atomic E-state index is -0.282. The molecule has 1 aliphatic rings. The number of rotatable bonds is 7. The van der Waals surface area contributed by atoms with Crippen molar-refractivity contribution >= 4 is 5.91 Å². The minimum Gasteiger partial charge on any atom is -0.504 e. The number of aromatic hydroxyl groups is 1. The van der Waals surface area contributed by atoms with Gasteiger partial charge in [-0.15, -0.1) is 0 Å². The molecule has 0 radical (unpaired) electrons. The van der Waals surface area contributed by atoms with Crippen molar-refractivity contribution in [2.45, 2.75) is 39.0 Å². The predicted octanol–water partition coefficient (Wildman–Crippen LogP) is 3.43. The standard InChI is InChI=1S/C25H27N3O3/c1-2-31-24-12-18(9-10-23(24)29)16-28-17-21-8-4-3-7-20(21)13-22(28)25(30)27-15-19-6-5-11-26-14-19/h3-12,14,22,29H,2,13,15-17H2,1H3,(H,27,30). The highest BCUT2D eigenvalue weighted by molar-refractivity contribution is 5.82. The summed E-state index contributed by atoms with van der Waals surface area (Å²) in [5, 5.41) is 13.1. The van der Waals surface area contributed by atoms with Gasteiger partial charge in [-0.25, -0.2) is 0 Å². The van der Waals surface area contributed by atoms with Crippen LogP contribution in [0.1, 0.15) is 29.2 Å². The number of hydrogen-bond donors (Lipinski definition) is 2. The van der Waals surface area contributed by atoms with E-state index in [1.54, 1.807) is 18.5 Å². The number of fused-ring (bicyclic) bond motifs is 1. The molecule has 1 atom stereocenters. The molecule has 160 valence electrons. The first-order chi connectivity index (χ1) is 15.1. The molecule has 0 bridgehead atoms. The molecule has 2 heterocycles. The molecule has 1 unspecified atom stereocenters. The fourth-order valence-corrected chi connectivity index (χ4v) is 3.97. The molecule has 3 aromatic rings. The average Bonchev–Trinajstić information content (AvgIpc) is 2.80. The van der Waals surface area contributed by atoms with Crippen molar-refractivity contribution in [3.63, 3.8) is 0 Å². The van der Waals surface area contributed by atoms with Crippen LogP contribution in [0.2, 0.25) is 0 Å². The fourth-order valence-electron chi connectivity index (χ4n) is 3.97. The maximum atomic E-state index is 13.2. The molecule has 2 aromatic carbocycles. The van der Waals surface area contributed by atoms with E-state index in [1.807, 2.05) is 43.3 Å². The zero-order chi connectivity index (χ0) is 21.6. The molecule has 0 fully saturated rings. The monoisotopic (exact) mass is 417 g/mol. The molecule has 1 aromatic heterocycles. The highest BCUT2D eigenvalue weighted by atomic mass is 16.5. The Morgan fingerprint density at radius 1 is 1.16 bits per heavy atom. The summed E-state index contributed by atoms with van der Waals surface area (Å²) in [5.41, 5.74) is 4.41. The van der Waals surface area contributed by atoms with E-state index in [2.05, 4.69) is 27.3 Å². The van der Waals surface area contributed by atoms with E-state index in [0.717, 1.165) is 11.1 Å². The van der Waals surface area contributed by atoms with Crippen LogP contribution in [-0.4, -0.2) is 33.5 Å². The van der Waals surface area contributed by atoms with Gasteiger partial charge < -0.3 is 15.2 Å². The van der Waals surface area contributed by atoms with Crippen LogP contribution in [0.5, 0.6) is 11.5 Å². The van der Waals surface area contributed by atoms with Crippen LogP contribution in [0, 0.1) is 0 Å². The van der Waals surface area contributed by atoms with Gasteiger partial charge in [-0.2, -0.15) is 0 Å². The number of aromatic nitrogens is 1. The highest BCUT2D eigenvalue weighted by Gasteiger charge is 2.31. The number of phenols is 1. The van der Waals surface area contributed by atoms with Gasteiger partial charge in [0, 0.05) is 32.0 Å². The number of nitrogens with zero attached hydrogens (tertiary/aromatic N) is 2. The Kier molecular flexibility index (Phi) is 6.48. The maximum absolute atomic E-state index is 13.2. The lowest BCUT2D eigenvalue weighted by atomic mass is 9.93. The second-order valence-corrected chi connectivity index (χ2v) is 7.71.